The van der Waals surface area contributed by atoms with Crippen molar-refractivity contribution in [3.05, 3.63) is 96.7 Å². The van der Waals surface area contributed by atoms with Gasteiger partial charge in [0.2, 0.25) is 0 Å². The molecule has 1 aliphatic rings. The Bertz CT molecular complexity index is 1510. The van der Waals surface area contributed by atoms with Crippen LogP contribution in [0, 0.1) is 0 Å². The highest BCUT2D eigenvalue weighted by atomic mass is 19.4. The molecule has 0 radical (unpaired) electrons. The van der Waals surface area contributed by atoms with E-state index in [4.69, 9.17) is 15.5 Å². The maximum absolute atomic E-state index is 13.6. The van der Waals surface area contributed by atoms with Crippen LogP contribution in [0.2, 0.25) is 0 Å². The first-order chi connectivity index (χ1) is 17.8. The Balaban J connectivity index is 1.77. The van der Waals surface area contributed by atoms with E-state index in [2.05, 4.69) is 4.98 Å². The van der Waals surface area contributed by atoms with E-state index >= 15 is 0 Å². The average Bonchev–Trinajstić information content (AvgIpc) is 3.27. The number of nitrogens with zero attached hydrogens (tertiary/aromatic N) is 3. The summed E-state index contributed by atoms with van der Waals surface area (Å²) < 4.78 is 48.0. The van der Waals surface area contributed by atoms with Crippen molar-refractivity contribution in [3.8, 4) is 33.9 Å². The lowest BCUT2D eigenvalue weighted by Gasteiger charge is -2.16. The minimum atomic E-state index is -4.52. The Morgan fingerprint density at radius 3 is 2.51 bits per heavy atom. The molecule has 0 spiro atoms. The van der Waals surface area contributed by atoms with E-state index in [-0.39, 0.29) is 5.82 Å². The molecule has 0 fully saturated rings. The summed E-state index contributed by atoms with van der Waals surface area (Å²) in [6.45, 7) is 0. The van der Waals surface area contributed by atoms with Crippen LogP contribution >= 0.6 is 0 Å². The second-order valence-corrected chi connectivity index (χ2v) is 8.37. The van der Waals surface area contributed by atoms with Crippen molar-refractivity contribution in [1.82, 2.24) is 14.5 Å². The van der Waals surface area contributed by atoms with Crippen LogP contribution in [0.3, 0.4) is 0 Å². The summed E-state index contributed by atoms with van der Waals surface area (Å²) in [5.41, 5.74) is 7.64. The highest BCUT2D eigenvalue weighted by Gasteiger charge is 2.31. The quantitative estimate of drug-likeness (QED) is 0.328. The number of halogens is 3. The number of ether oxygens (including phenoxy) is 1. The summed E-state index contributed by atoms with van der Waals surface area (Å²) in [5.74, 6) is 0.285. The molecule has 0 bridgehead atoms. The number of cyclic esters (lactones) is 1. The molecule has 1 unspecified atom stereocenters. The fourth-order valence-corrected chi connectivity index (χ4v) is 4.12. The van der Waals surface area contributed by atoms with Gasteiger partial charge in [-0.15, -0.1) is 0 Å². The Labute approximate surface area is 210 Å². The molecule has 0 amide bonds. The van der Waals surface area contributed by atoms with E-state index < -0.39 is 23.8 Å². The molecule has 0 saturated carbocycles. The predicted octanol–water partition coefficient (Wildman–Crippen LogP) is 6.22. The lowest BCUT2D eigenvalue weighted by Crippen LogP contribution is -2.17. The summed E-state index contributed by atoms with van der Waals surface area (Å²) >= 11 is 0. The largest absolute Gasteiger partial charge is 0.455 e. The van der Waals surface area contributed by atoms with Gasteiger partial charge in [0.05, 0.1) is 17.0 Å². The lowest BCUT2D eigenvalue weighted by molar-refractivity contribution is -0.141. The van der Waals surface area contributed by atoms with Gasteiger partial charge in [0.25, 0.3) is 0 Å². The minimum absolute atomic E-state index is 0.250. The number of aromatic nitrogens is 3. The third kappa shape index (κ3) is 5.16. The third-order valence-electron chi connectivity index (χ3n) is 5.80. The van der Waals surface area contributed by atoms with E-state index in [1.54, 1.807) is 41.1 Å². The van der Waals surface area contributed by atoms with Gasteiger partial charge in [-0.1, -0.05) is 48.5 Å². The number of alkyl halides is 3. The summed E-state index contributed by atoms with van der Waals surface area (Å²) in [7, 11) is 0. The van der Waals surface area contributed by atoms with Crippen LogP contribution < -0.4 is 5.73 Å². The predicted molar refractivity (Wildman–Crippen MR) is 135 cm³/mol. The van der Waals surface area contributed by atoms with E-state index in [1.807, 2.05) is 30.3 Å². The standard InChI is InChI=1S/C28H21F3N4O2/c29-28(30,31)21-9-4-8-20(16-21)26-25(19-12-14-33-23(32)17-19)34-27(18-6-2-1-3-7-18)35(26)15-13-22-10-5-11-24(36)37-22/h1-9,11-17,22H,10H2,(H2,32,33)/b15-13+. The molecule has 2 N–H and O–H groups in total. The first-order valence-electron chi connectivity index (χ1n) is 11.4. The van der Waals surface area contributed by atoms with E-state index in [1.165, 1.54) is 18.3 Å². The number of nitrogen functional groups attached to an aromatic ring is 1. The molecule has 186 valence electrons. The summed E-state index contributed by atoms with van der Waals surface area (Å²) in [6.07, 6.45) is 3.38. The number of rotatable bonds is 5. The number of benzene rings is 2. The number of nitrogens with two attached hydrogens (primary N) is 1. The molecule has 9 heteroatoms. The lowest BCUT2D eigenvalue weighted by atomic mass is 10.0. The second-order valence-electron chi connectivity index (χ2n) is 8.37. The Morgan fingerprint density at radius 1 is 1.00 bits per heavy atom. The van der Waals surface area contributed by atoms with Crippen molar-refractivity contribution in [3.63, 3.8) is 0 Å². The fourth-order valence-electron chi connectivity index (χ4n) is 4.12. The fraction of sp³-hybridized carbons (Fsp3) is 0.107. The zero-order valence-electron chi connectivity index (χ0n) is 19.4. The number of esters is 1. The number of carbonyl (C=O) groups is 1. The third-order valence-corrected chi connectivity index (χ3v) is 5.80. The molecule has 37 heavy (non-hydrogen) atoms. The van der Waals surface area contributed by atoms with Gasteiger partial charge in [-0.2, -0.15) is 13.2 Å². The summed E-state index contributed by atoms with van der Waals surface area (Å²) in [4.78, 5) is 20.6. The van der Waals surface area contributed by atoms with Gasteiger partial charge in [-0.3, -0.25) is 4.57 Å². The molecule has 2 aromatic carbocycles. The number of carbonyl (C=O) groups excluding carboxylic acids is 1. The first kappa shape index (κ1) is 24.1. The van der Waals surface area contributed by atoms with Crippen LogP contribution in [0.25, 0.3) is 40.1 Å². The van der Waals surface area contributed by atoms with Gasteiger partial charge in [0, 0.05) is 41.6 Å². The molecule has 5 rings (SSSR count). The first-order valence-corrected chi connectivity index (χ1v) is 11.4. The molecule has 2 aromatic heterocycles. The summed E-state index contributed by atoms with van der Waals surface area (Å²) in [6, 6.07) is 17.7. The SMILES string of the molecule is Nc1cc(-c2nc(-c3ccccc3)n(/C=C/C3CC=CC(=O)O3)c2-c2cccc(C(F)(F)F)c2)ccn1. The van der Waals surface area contributed by atoms with Crippen LogP contribution in [0.1, 0.15) is 12.0 Å². The van der Waals surface area contributed by atoms with Gasteiger partial charge < -0.3 is 10.5 Å². The molecule has 1 atom stereocenters. The monoisotopic (exact) mass is 502 g/mol. The normalized spacial score (nSPS) is 15.8. The van der Waals surface area contributed by atoms with Crippen molar-refractivity contribution in [2.24, 2.45) is 0 Å². The Hall–Kier alpha value is -4.66. The van der Waals surface area contributed by atoms with Gasteiger partial charge in [0.1, 0.15) is 17.7 Å². The highest BCUT2D eigenvalue weighted by Crippen LogP contribution is 2.39. The number of hydrogen-bond donors (Lipinski definition) is 1. The van der Waals surface area contributed by atoms with Crippen molar-refractivity contribution in [2.75, 3.05) is 5.73 Å². The maximum atomic E-state index is 13.6. The zero-order chi connectivity index (χ0) is 26.0. The molecular weight excluding hydrogens is 481 g/mol. The topological polar surface area (TPSA) is 83.0 Å². The molecule has 0 aliphatic carbocycles. The van der Waals surface area contributed by atoms with Crippen LogP contribution in [0.15, 0.2) is 91.2 Å². The molecule has 0 saturated heterocycles. The minimum Gasteiger partial charge on any atom is -0.455 e. The van der Waals surface area contributed by atoms with E-state index in [9.17, 15) is 18.0 Å². The van der Waals surface area contributed by atoms with Crippen molar-refractivity contribution in [2.45, 2.75) is 18.7 Å². The molecule has 6 nitrogen and oxygen atoms in total. The number of anilines is 1. The van der Waals surface area contributed by atoms with E-state index in [0.717, 1.165) is 17.7 Å². The molecular formula is C28H21F3N4O2. The van der Waals surface area contributed by atoms with Gasteiger partial charge in [0.15, 0.2) is 0 Å². The number of pyridine rings is 1. The van der Waals surface area contributed by atoms with Crippen LogP contribution in [0.4, 0.5) is 19.0 Å². The van der Waals surface area contributed by atoms with Gasteiger partial charge in [-0.05, 0) is 30.3 Å². The average molecular weight is 502 g/mol. The Kier molecular flexibility index (Phi) is 6.35. The number of imidazole rings is 1. The van der Waals surface area contributed by atoms with Crippen molar-refractivity contribution in [1.29, 1.82) is 0 Å². The van der Waals surface area contributed by atoms with Crippen LogP contribution in [0.5, 0.6) is 0 Å². The van der Waals surface area contributed by atoms with Gasteiger partial charge in [-0.25, -0.2) is 14.8 Å². The van der Waals surface area contributed by atoms with Crippen LogP contribution in [-0.2, 0) is 15.7 Å². The smallest absolute Gasteiger partial charge is 0.416 e. The van der Waals surface area contributed by atoms with Gasteiger partial charge >= 0.3 is 12.1 Å². The second kappa shape index (κ2) is 9.77. The maximum Gasteiger partial charge on any atom is 0.416 e. The van der Waals surface area contributed by atoms with Crippen LogP contribution in [-0.4, -0.2) is 26.6 Å². The highest BCUT2D eigenvalue weighted by molar-refractivity contribution is 5.85. The Morgan fingerprint density at radius 2 is 1.78 bits per heavy atom. The molecule has 4 aromatic rings. The summed E-state index contributed by atoms with van der Waals surface area (Å²) in [5, 5.41) is 0. The van der Waals surface area contributed by atoms with E-state index in [0.29, 0.717) is 34.8 Å². The van der Waals surface area contributed by atoms with Crippen molar-refractivity contribution < 1.29 is 22.7 Å². The zero-order valence-corrected chi connectivity index (χ0v) is 19.4. The number of hydrogen-bond acceptors (Lipinski definition) is 5. The molecule has 3 heterocycles. The van der Waals surface area contributed by atoms with Crippen molar-refractivity contribution >= 4 is 18.0 Å². The molecule has 1 aliphatic heterocycles.